The third-order valence-electron chi connectivity index (χ3n) is 3.67. The van der Waals surface area contributed by atoms with Crippen molar-refractivity contribution >= 4 is 33.4 Å². The summed E-state index contributed by atoms with van der Waals surface area (Å²) in [6.45, 7) is -0.521. The van der Waals surface area contributed by atoms with Crippen LogP contribution < -0.4 is 0 Å². The molecule has 2 rings (SSSR count). The van der Waals surface area contributed by atoms with E-state index in [1.807, 2.05) is 0 Å². The van der Waals surface area contributed by atoms with Crippen LogP contribution in [0.15, 0.2) is 36.4 Å². The van der Waals surface area contributed by atoms with Gasteiger partial charge in [-0.2, -0.15) is 17.0 Å². The lowest BCUT2D eigenvalue weighted by Crippen LogP contribution is -2.39. The number of halogens is 4. The monoisotopic (exact) mass is 408 g/mol. The minimum Gasteiger partial charge on any atom is -0.207 e. The molecule has 0 heterocycles. The Morgan fingerprint density at radius 1 is 0.840 bits per heavy atom. The van der Waals surface area contributed by atoms with E-state index in [-0.39, 0.29) is 34.3 Å². The van der Waals surface area contributed by atoms with Gasteiger partial charge in [0.1, 0.15) is 11.6 Å². The maximum absolute atomic E-state index is 13.9. The molecule has 0 radical (unpaired) electrons. The summed E-state index contributed by atoms with van der Waals surface area (Å²) < 4.78 is 54.8. The van der Waals surface area contributed by atoms with Crippen molar-refractivity contribution in [2.45, 2.75) is 13.1 Å². The van der Waals surface area contributed by atoms with Crippen molar-refractivity contribution in [1.29, 1.82) is 0 Å². The number of rotatable bonds is 6. The Labute approximate surface area is 155 Å². The van der Waals surface area contributed by atoms with Crippen molar-refractivity contribution in [1.82, 2.24) is 8.61 Å². The van der Waals surface area contributed by atoms with Crippen LogP contribution in [0.5, 0.6) is 0 Å². The van der Waals surface area contributed by atoms with Gasteiger partial charge in [0.25, 0.3) is 10.2 Å². The lowest BCUT2D eigenvalue weighted by atomic mass is 10.2. The summed E-state index contributed by atoms with van der Waals surface area (Å²) in [7, 11) is -1.41. The molecule has 0 amide bonds. The van der Waals surface area contributed by atoms with Gasteiger partial charge in [0.2, 0.25) is 0 Å². The first-order chi connectivity index (χ1) is 11.6. The SMILES string of the molecule is CN(Cc1c(F)cccc1Cl)S(=O)(=O)N(C)Cc1c(F)cccc1Cl. The first kappa shape index (κ1) is 20.1. The predicted octanol–water partition coefficient (Wildman–Crippen LogP) is 4.08. The van der Waals surface area contributed by atoms with Gasteiger partial charge < -0.3 is 0 Å². The van der Waals surface area contributed by atoms with E-state index in [2.05, 4.69) is 0 Å². The molecular formula is C16H16Cl2F2N2O2S. The van der Waals surface area contributed by atoms with Gasteiger partial charge in [0.05, 0.1) is 0 Å². The van der Waals surface area contributed by atoms with Crippen molar-refractivity contribution in [3.8, 4) is 0 Å². The fraction of sp³-hybridized carbons (Fsp3) is 0.250. The number of hydrogen-bond acceptors (Lipinski definition) is 2. The molecule has 0 spiro atoms. The molecule has 0 saturated heterocycles. The molecule has 0 aliphatic carbocycles. The van der Waals surface area contributed by atoms with E-state index in [1.54, 1.807) is 0 Å². The molecule has 0 bridgehead atoms. The quantitative estimate of drug-likeness (QED) is 0.722. The topological polar surface area (TPSA) is 40.6 Å². The van der Waals surface area contributed by atoms with Gasteiger partial charge in [-0.25, -0.2) is 8.78 Å². The molecular weight excluding hydrogens is 393 g/mol. The van der Waals surface area contributed by atoms with Gasteiger partial charge in [0.15, 0.2) is 0 Å². The molecule has 136 valence electrons. The van der Waals surface area contributed by atoms with E-state index in [4.69, 9.17) is 23.2 Å². The number of nitrogens with zero attached hydrogens (tertiary/aromatic N) is 2. The highest BCUT2D eigenvalue weighted by Gasteiger charge is 2.26. The maximum Gasteiger partial charge on any atom is 0.282 e. The van der Waals surface area contributed by atoms with Crippen LogP contribution in [-0.2, 0) is 23.3 Å². The zero-order valence-corrected chi connectivity index (χ0v) is 15.8. The standard InChI is InChI=1S/C16H16Cl2F2N2O2S/c1-21(9-11-13(17)5-3-7-15(11)19)25(23,24)22(2)10-12-14(18)6-4-8-16(12)20/h3-8H,9-10H2,1-2H3. The highest BCUT2D eigenvalue weighted by Crippen LogP contribution is 2.24. The van der Waals surface area contributed by atoms with Crippen LogP contribution in [0.25, 0.3) is 0 Å². The molecule has 4 nitrogen and oxygen atoms in total. The summed E-state index contributed by atoms with van der Waals surface area (Å²) in [5.74, 6) is -1.20. The second-order valence-corrected chi connectivity index (χ2v) is 8.38. The first-order valence-corrected chi connectivity index (χ1v) is 9.33. The van der Waals surface area contributed by atoms with E-state index in [0.717, 1.165) is 8.61 Å². The van der Waals surface area contributed by atoms with Crippen molar-refractivity contribution in [3.05, 3.63) is 69.2 Å². The molecule has 0 atom stereocenters. The lowest BCUT2D eigenvalue weighted by Gasteiger charge is -2.25. The Bertz CT molecular complexity index is 772. The summed E-state index contributed by atoms with van der Waals surface area (Å²) in [6.07, 6.45) is 0. The first-order valence-electron chi connectivity index (χ1n) is 7.18. The number of hydrogen-bond donors (Lipinski definition) is 0. The van der Waals surface area contributed by atoms with Crippen LogP contribution in [0, 0.1) is 11.6 Å². The van der Waals surface area contributed by atoms with Crippen LogP contribution in [-0.4, -0.2) is 31.1 Å². The Kier molecular flexibility index (Phi) is 6.40. The minimum absolute atomic E-state index is 0.0626. The third-order valence-corrected chi connectivity index (χ3v) is 6.21. The summed E-state index contributed by atoms with van der Waals surface area (Å²) in [5.41, 5.74) is 0.125. The molecule has 0 aliphatic heterocycles. The number of benzene rings is 2. The summed E-state index contributed by atoms with van der Waals surface area (Å²) in [5, 5.41) is 0.253. The molecule has 0 aliphatic rings. The van der Waals surface area contributed by atoms with Crippen molar-refractivity contribution < 1.29 is 17.2 Å². The second kappa shape index (κ2) is 7.97. The molecule has 2 aromatic rings. The Balaban J connectivity index is 2.22. The van der Waals surface area contributed by atoms with E-state index >= 15 is 0 Å². The second-order valence-electron chi connectivity index (χ2n) is 5.42. The lowest BCUT2D eigenvalue weighted by molar-refractivity contribution is 0.380. The maximum atomic E-state index is 13.9. The zero-order chi connectivity index (χ0) is 18.8. The Morgan fingerprint density at radius 3 is 1.52 bits per heavy atom. The van der Waals surface area contributed by atoms with Gasteiger partial charge in [-0.15, -0.1) is 0 Å². The van der Waals surface area contributed by atoms with Crippen LogP contribution >= 0.6 is 23.2 Å². The summed E-state index contributed by atoms with van der Waals surface area (Å²) >= 11 is 11.9. The average Bonchev–Trinajstić information content (AvgIpc) is 2.54. The molecule has 0 saturated carbocycles. The van der Waals surface area contributed by atoms with Crippen LogP contribution in [0.3, 0.4) is 0 Å². The summed E-state index contributed by atoms with van der Waals surface area (Å²) in [4.78, 5) is 0. The van der Waals surface area contributed by atoms with Gasteiger partial charge in [-0.05, 0) is 24.3 Å². The third kappa shape index (κ3) is 4.48. The molecule has 0 N–H and O–H groups in total. The smallest absolute Gasteiger partial charge is 0.207 e. The fourth-order valence-corrected chi connectivity index (χ4v) is 3.72. The predicted molar refractivity (Wildman–Crippen MR) is 94.7 cm³/mol. The Morgan fingerprint density at radius 2 is 1.20 bits per heavy atom. The van der Waals surface area contributed by atoms with Gasteiger partial charge in [-0.1, -0.05) is 35.3 Å². The molecule has 0 unspecified atom stereocenters. The molecule has 0 fully saturated rings. The van der Waals surface area contributed by atoms with Crippen LogP contribution in [0.1, 0.15) is 11.1 Å². The normalized spacial score (nSPS) is 12.2. The Hall–Kier alpha value is -1.25. The van der Waals surface area contributed by atoms with E-state index < -0.39 is 21.8 Å². The van der Waals surface area contributed by atoms with Gasteiger partial charge in [-0.3, -0.25) is 0 Å². The van der Waals surface area contributed by atoms with E-state index in [1.165, 1.54) is 50.5 Å². The molecule has 2 aromatic carbocycles. The van der Waals surface area contributed by atoms with Gasteiger partial charge in [0, 0.05) is 48.4 Å². The van der Waals surface area contributed by atoms with Crippen LogP contribution in [0.2, 0.25) is 10.0 Å². The largest absolute Gasteiger partial charge is 0.282 e. The zero-order valence-electron chi connectivity index (χ0n) is 13.5. The van der Waals surface area contributed by atoms with E-state index in [0.29, 0.717) is 0 Å². The molecule has 9 heteroatoms. The highest BCUT2D eigenvalue weighted by atomic mass is 35.5. The van der Waals surface area contributed by atoms with Crippen molar-refractivity contribution in [3.63, 3.8) is 0 Å². The fourth-order valence-electron chi connectivity index (χ4n) is 2.21. The summed E-state index contributed by atoms with van der Waals surface area (Å²) in [6, 6.07) is 8.21. The van der Waals surface area contributed by atoms with Crippen molar-refractivity contribution in [2.75, 3.05) is 14.1 Å². The molecule has 25 heavy (non-hydrogen) atoms. The molecule has 0 aromatic heterocycles. The average molecular weight is 409 g/mol. The minimum atomic E-state index is -3.99. The highest BCUT2D eigenvalue weighted by molar-refractivity contribution is 7.86. The van der Waals surface area contributed by atoms with Crippen LogP contribution in [0.4, 0.5) is 8.78 Å². The van der Waals surface area contributed by atoms with Gasteiger partial charge >= 0.3 is 0 Å². The van der Waals surface area contributed by atoms with E-state index in [9.17, 15) is 17.2 Å². The van der Waals surface area contributed by atoms with Crippen molar-refractivity contribution in [2.24, 2.45) is 0 Å².